The van der Waals surface area contributed by atoms with Gasteiger partial charge in [-0.2, -0.15) is 0 Å². The van der Waals surface area contributed by atoms with E-state index in [-0.39, 0.29) is 0 Å². The van der Waals surface area contributed by atoms with Crippen LogP contribution in [0, 0.1) is 11.8 Å². The molecule has 6 rings (SSSR count). The summed E-state index contributed by atoms with van der Waals surface area (Å²) in [7, 11) is 0. The summed E-state index contributed by atoms with van der Waals surface area (Å²) in [6, 6.07) is 20.3. The smallest absolute Gasteiger partial charge is 0.0965 e. The van der Waals surface area contributed by atoms with Gasteiger partial charge in [-0.1, -0.05) is 48.2 Å². The summed E-state index contributed by atoms with van der Waals surface area (Å²) in [5, 5.41) is 4.23. The van der Waals surface area contributed by atoms with E-state index >= 15 is 0 Å². The molecule has 30 heavy (non-hydrogen) atoms. The number of rotatable bonds is 0. The Hall–Kier alpha value is -4.36. The highest BCUT2D eigenvalue weighted by molar-refractivity contribution is 6.03. The van der Waals surface area contributed by atoms with Crippen LogP contribution in [0.5, 0.6) is 0 Å². The van der Waals surface area contributed by atoms with Crippen LogP contribution >= 0.6 is 0 Å². The lowest BCUT2D eigenvalue weighted by Crippen LogP contribution is -1.88. The van der Waals surface area contributed by atoms with Crippen LogP contribution < -0.4 is 0 Å². The molecule has 0 unspecified atom stereocenters. The van der Waals surface area contributed by atoms with Crippen molar-refractivity contribution in [3.05, 3.63) is 96.6 Å². The van der Waals surface area contributed by atoms with Gasteiger partial charge in [-0.15, -0.1) is 0 Å². The standard InChI is InChI=1S/C26H14N4/c1-3-19-7-9-21-13-17(15-29-25(21)23(19)27-11-1)5-6-18-14-22-10-8-20-4-2-12-28-24(20)26(22)30-16-18/h1-4,7-16H. The molecule has 4 nitrogen and oxygen atoms in total. The summed E-state index contributed by atoms with van der Waals surface area (Å²) in [6.45, 7) is 0. The van der Waals surface area contributed by atoms with Gasteiger partial charge in [-0.05, 0) is 24.3 Å². The van der Waals surface area contributed by atoms with E-state index in [9.17, 15) is 0 Å². The van der Waals surface area contributed by atoms with Crippen molar-refractivity contribution in [2.24, 2.45) is 0 Å². The highest BCUT2D eigenvalue weighted by atomic mass is 14.7. The van der Waals surface area contributed by atoms with Crippen LogP contribution in [0.25, 0.3) is 43.6 Å². The van der Waals surface area contributed by atoms with Crippen molar-refractivity contribution in [3.8, 4) is 11.8 Å². The quantitative estimate of drug-likeness (QED) is 0.265. The van der Waals surface area contributed by atoms with E-state index in [1.807, 2.05) is 24.3 Å². The fourth-order valence-electron chi connectivity index (χ4n) is 3.75. The topological polar surface area (TPSA) is 51.6 Å². The van der Waals surface area contributed by atoms with Crippen molar-refractivity contribution in [1.82, 2.24) is 19.9 Å². The van der Waals surface area contributed by atoms with E-state index < -0.39 is 0 Å². The first-order valence-corrected chi connectivity index (χ1v) is 9.64. The van der Waals surface area contributed by atoms with Crippen LogP contribution in [0.2, 0.25) is 0 Å². The lowest BCUT2D eigenvalue weighted by atomic mass is 10.1. The minimum absolute atomic E-state index is 0.859. The second kappa shape index (κ2) is 6.61. The number of benzene rings is 2. The fourth-order valence-corrected chi connectivity index (χ4v) is 3.75. The average molecular weight is 382 g/mol. The molecule has 0 bridgehead atoms. The number of nitrogens with zero attached hydrogens (tertiary/aromatic N) is 4. The molecular weight excluding hydrogens is 368 g/mol. The predicted molar refractivity (Wildman–Crippen MR) is 120 cm³/mol. The largest absolute Gasteiger partial charge is 0.254 e. The minimum atomic E-state index is 0.859. The normalized spacial score (nSPS) is 11.1. The highest BCUT2D eigenvalue weighted by Crippen LogP contribution is 2.23. The average Bonchev–Trinajstić information content (AvgIpc) is 2.82. The zero-order valence-electron chi connectivity index (χ0n) is 15.9. The van der Waals surface area contributed by atoms with Gasteiger partial charge in [0.15, 0.2) is 0 Å². The first-order chi connectivity index (χ1) is 14.8. The Morgan fingerprint density at radius 3 is 1.40 bits per heavy atom. The van der Waals surface area contributed by atoms with Gasteiger partial charge in [0.2, 0.25) is 0 Å². The zero-order valence-corrected chi connectivity index (χ0v) is 15.9. The molecule has 0 aliphatic carbocycles. The van der Waals surface area contributed by atoms with Gasteiger partial charge in [0.05, 0.1) is 22.1 Å². The molecule has 0 saturated carbocycles. The Morgan fingerprint density at radius 1 is 0.467 bits per heavy atom. The van der Waals surface area contributed by atoms with Crippen molar-refractivity contribution in [2.75, 3.05) is 0 Å². The van der Waals surface area contributed by atoms with E-state index in [2.05, 4.69) is 68.2 Å². The lowest BCUT2D eigenvalue weighted by molar-refractivity contribution is 1.36. The molecule has 138 valence electrons. The van der Waals surface area contributed by atoms with E-state index in [1.54, 1.807) is 24.8 Å². The first-order valence-electron chi connectivity index (χ1n) is 9.64. The van der Waals surface area contributed by atoms with Crippen molar-refractivity contribution in [1.29, 1.82) is 0 Å². The Kier molecular flexibility index (Phi) is 3.65. The molecule has 6 aromatic rings. The van der Waals surface area contributed by atoms with Crippen LogP contribution in [0.3, 0.4) is 0 Å². The summed E-state index contributed by atoms with van der Waals surface area (Å²) >= 11 is 0. The van der Waals surface area contributed by atoms with Crippen LogP contribution in [-0.2, 0) is 0 Å². The molecule has 4 aromatic heterocycles. The van der Waals surface area contributed by atoms with Gasteiger partial charge < -0.3 is 0 Å². The van der Waals surface area contributed by atoms with Crippen molar-refractivity contribution in [2.45, 2.75) is 0 Å². The van der Waals surface area contributed by atoms with Gasteiger partial charge in [0.25, 0.3) is 0 Å². The second-order valence-corrected chi connectivity index (χ2v) is 7.12. The van der Waals surface area contributed by atoms with Gasteiger partial charge in [-0.25, -0.2) is 0 Å². The molecule has 4 heteroatoms. The van der Waals surface area contributed by atoms with Crippen molar-refractivity contribution >= 4 is 43.6 Å². The number of pyridine rings is 4. The zero-order chi connectivity index (χ0) is 19.9. The van der Waals surface area contributed by atoms with Gasteiger partial charge in [0, 0.05) is 57.5 Å². The van der Waals surface area contributed by atoms with Crippen molar-refractivity contribution in [3.63, 3.8) is 0 Å². The molecule has 0 amide bonds. The van der Waals surface area contributed by atoms with Gasteiger partial charge >= 0.3 is 0 Å². The maximum atomic E-state index is 4.62. The Labute approximate surface area is 172 Å². The number of aromatic nitrogens is 4. The first kappa shape index (κ1) is 16.6. The molecule has 0 atom stereocenters. The third-order valence-electron chi connectivity index (χ3n) is 5.20. The summed E-state index contributed by atoms with van der Waals surface area (Å²) in [5.41, 5.74) is 5.33. The third kappa shape index (κ3) is 2.73. The van der Waals surface area contributed by atoms with E-state index in [0.717, 1.165) is 54.7 Å². The summed E-state index contributed by atoms with van der Waals surface area (Å²) in [5.74, 6) is 6.43. The Bertz CT molecular complexity index is 1540. The third-order valence-corrected chi connectivity index (χ3v) is 5.20. The summed E-state index contributed by atoms with van der Waals surface area (Å²) < 4.78 is 0. The summed E-state index contributed by atoms with van der Waals surface area (Å²) in [6.07, 6.45) is 7.19. The maximum absolute atomic E-state index is 4.62. The second-order valence-electron chi connectivity index (χ2n) is 7.12. The molecule has 0 radical (unpaired) electrons. The fraction of sp³-hybridized carbons (Fsp3) is 0. The van der Waals surface area contributed by atoms with Crippen LogP contribution in [0.1, 0.15) is 11.1 Å². The molecule has 0 spiro atoms. The molecule has 4 heterocycles. The highest BCUT2D eigenvalue weighted by Gasteiger charge is 2.04. The number of fused-ring (bicyclic) bond motifs is 6. The number of hydrogen-bond donors (Lipinski definition) is 0. The maximum Gasteiger partial charge on any atom is 0.0965 e. The molecule has 0 aliphatic heterocycles. The molecule has 0 saturated heterocycles. The Morgan fingerprint density at radius 2 is 0.900 bits per heavy atom. The lowest BCUT2D eigenvalue weighted by Gasteiger charge is -2.03. The van der Waals surface area contributed by atoms with E-state index in [1.165, 1.54) is 0 Å². The molecular formula is C26H14N4. The molecule has 0 fully saturated rings. The van der Waals surface area contributed by atoms with Crippen molar-refractivity contribution < 1.29 is 0 Å². The van der Waals surface area contributed by atoms with Gasteiger partial charge in [0.1, 0.15) is 0 Å². The van der Waals surface area contributed by atoms with E-state index in [4.69, 9.17) is 0 Å². The molecule has 0 N–H and O–H groups in total. The SMILES string of the molecule is C(#Cc1cnc2c(ccc3cccnc32)c1)c1cnc2c(ccc3cccnc32)c1. The monoisotopic (exact) mass is 382 g/mol. The number of hydrogen-bond acceptors (Lipinski definition) is 4. The molecule has 0 aliphatic rings. The Balaban J connectivity index is 1.41. The predicted octanol–water partition coefficient (Wildman–Crippen LogP) is 5.28. The summed E-state index contributed by atoms with van der Waals surface area (Å²) in [4.78, 5) is 18.2. The van der Waals surface area contributed by atoms with Gasteiger partial charge in [-0.3, -0.25) is 19.9 Å². The van der Waals surface area contributed by atoms with E-state index in [0.29, 0.717) is 0 Å². The van der Waals surface area contributed by atoms with Crippen LogP contribution in [-0.4, -0.2) is 19.9 Å². The minimum Gasteiger partial charge on any atom is -0.254 e. The van der Waals surface area contributed by atoms with Crippen LogP contribution in [0.15, 0.2) is 85.5 Å². The molecule has 2 aromatic carbocycles. The van der Waals surface area contributed by atoms with Crippen LogP contribution in [0.4, 0.5) is 0 Å².